The van der Waals surface area contributed by atoms with Gasteiger partial charge in [0.2, 0.25) is 0 Å². The molecule has 0 saturated carbocycles. The Bertz CT molecular complexity index is 565. The molecule has 2 aromatic rings. The highest BCUT2D eigenvalue weighted by atomic mass is 16.5. The molecule has 0 aliphatic carbocycles. The molecule has 0 aliphatic heterocycles. The van der Waals surface area contributed by atoms with Gasteiger partial charge in [0.1, 0.15) is 5.75 Å². The zero-order valence-corrected chi connectivity index (χ0v) is 13.2. The normalized spacial score (nSPS) is 12.6. The summed E-state index contributed by atoms with van der Waals surface area (Å²) in [7, 11) is 1.68. The second-order valence-electron chi connectivity index (χ2n) is 5.31. The van der Waals surface area contributed by atoms with Crippen LogP contribution in [-0.2, 0) is 6.42 Å². The third kappa shape index (κ3) is 3.82. The Morgan fingerprint density at radius 3 is 2.76 bits per heavy atom. The van der Waals surface area contributed by atoms with Crippen molar-refractivity contribution in [3.8, 4) is 5.75 Å². The number of methoxy groups -OCH3 is 1. The summed E-state index contributed by atoms with van der Waals surface area (Å²) in [5.74, 6) is 0.812. The molecule has 0 bridgehead atoms. The van der Waals surface area contributed by atoms with Gasteiger partial charge < -0.3 is 10.1 Å². The maximum atomic E-state index is 5.43. The van der Waals surface area contributed by atoms with Crippen LogP contribution in [0.4, 0.5) is 0 Å². The first kappa shape index (κ1) is 15.5. The molecular formula is C16H24N4O. The molecule has 2 aromatic heterocycles. The van der Waals surface area contributed by atoms with Crippen molar-refractivity contribution in [1.82, 2.24) is 20.1 Å². The lowest BCUT2D eigenvalue weighted by Gasteiger charge is -2.19. The van der Waals surface area contributed by atoms with Crippen molar-refractivity contribution in [2.45, 2.75) is 39.3 Å². The molecule has 114 valence electrons. The van der Waals surface area contributed by atoms with E-state index >= 15 is 0 Å². The molecule has 0 spiro atoms. The average Bonchev–Trinajstić information content (AvgIpc) is 2.95. The number of hydrogen-bond donors (Lipinski definition) is 1. The Labute approximate surface area is 126 Å². The van der Waals surface area contributed by atoms with Crippen molar-refractivity contribution in [3.05, 3.63) is 42.0 Å². The van der Waals surface area contributed by atoms with E-state index in [1.165, 1.54) is 0 Å². The zero-order valence-electron chi connectivity index (χ0n) is 13.2. The van der Waals surface area contributed by atoms with E-state index in [4.69, 9.17) is 4.74 Å². The van der Waals surface area contributed by atoms with Crippen LogP contribution >= 0.6 is 0 Å². The lowest BCUT2D eigenvalue weighted by atomic mass is 10.0. The Morgan fingerprint density at radius 1 is 1.33 bits per heavy atom. The number of ether oxygens (including phenoxy) is 1. The fourth-order valence-electron chi connectivity index (χ4n) is 2.37. The third-order valence-corrected chi connectivity index (χ3v) is 3.47. The van der Waals surface area contributed by atoms with Gasteiger partial charge in [-0.25, -0.2) is 0 Å². The van der Waals surface area contributed by atoms with E-state index in [9.17, 15) is 0 Å². The molecule has 0 radical (unpaired) electrons. The van der Waals surface area contributed by atoms with E-state index in [-0.39, 0.29) is 6.04 Å². The van der Waals surface area contributed by atoms with Crippen molar-refractivity contribution in [2.24, 2.45) is 0 Å². The lowest BCUT2D eigenvalue weighted by molar-refractivity contribution is 0.396. The van der Waals surface area contributed by atoms with Crippen LogP contribution in [0.2, 0.25) is 0 Å². The first-order valence-corrected chi connectivity index (χ1v) is 7.41. The second-order valence-corrected chi connectivity index (χ2v) is 5.31. The van der Waals surface area contributed by atoms with Crippen LogP contribution in [0.25, 0.3) is 0 Å². The third-order valence-electron chi connectivity index (χ3n) is 3.47. The first-order chi connectivity index (χ1) is 10.2. The quantitative estimate of drug-likeness (QED) is 0.851. The maximum absolute atomic E-state index is 5.43. The van der Waals surface area contributed by atoms with Gasteiger partial charge in [0.05, 0.1) is 19.0 Å². The van der Waals surface area contributed by atoms with Gasteiger partial charge >= 0.3 is 0 Å². The topological polar surface area (TPSA) is 52.0 Å². The van der Waals surface area contributed by atoms with Crippen LogP contribution in [0.3, 0.4) is 0 Å². The molecule has 0 saturated heterocycles. The number of nitrogens with zero attached hydrogens (tertiary/aromatic N) is 3. The summed E-state index contributed by atoms with van der Waals surface area (Å²) < 4.78 is 7.41. The largest absolute Gasteiger partial charge is 0.495 e. The molecule has 1 N–H and O–H groups in total. The fourth-order valence-corrected chi connectivity index (χ4v) is 2.37. The molecular weight excluding hydrogens is 264 g/mol. The first-order valence-electron chi connectivity index (χ1n) is 7.41. The number of aromatic nitrogens is 3. The molecule has 0 aliphatic rings. The van der Waals surface area contributed by atoms with Crippen LogP contribution in [0.5, 0.6) is 5.75 Å². The minimum atomic E-state index is 0.170. The van der Waals surface area contributed by atoms with Crippen LogP contribution in [0.15, 0.2) is 30.7 Å². The van der Waals surface area contributed by atoms with E-state index in [0.29, 0.717) is 6.04 Å². The van der Waals surface area contributed by atoms with Crippen LogP contribution in [0.1, 0.15) is 44.1 Å². The summed E-state index contributed by atoms with van der Waals surface area (Å²) in [6, 6.07) is 4.64. The van der Waals surface area contributed by atoms with Crippen molar-refractivity contribution < 1.29 is 4.74 Å². The minimum absolute atomic E-state index is 0.170. The van der Waals surface area contributed by atoms with E-state index in [1.54, 1.807) is 19.5 Å². The summed E-state index contributed by atoms with van der Waals surface area (Å²) in [5.41, 5.74) is 2.20. The van der Waals surface area contributed by atoms with Crippen molar-refractivity contribution in [2.75, 3.05) is 13.7 Å². The molecule has 0 aromatic carbocycles. The summed E-state index contributed by atoms with van der Waals surface area (Å²) in [5, 5.41) is 8.14. The van der Waals surface area contributed by atoms with Gasteiger partial charge in [0.15, 0.2) is 0 Å². The molecule has 5 heteroatoms. The maximum Gasteiger partial charge on any atom is 0.141 e. The van der Waals surface area contributed by atoms with Gasteiger partial charge in [-0.15, -0.1) is 0 Å². The molecule has 1 atom stereocenters. The predicted molar refractivity (Wildman–Crippen MR) is 83.5 cm³/mol. The number of pyridine rings is 1. The van der Waals surface area contributed by atoms with Crippen molar-refractivity contribution in [1.29, 1.82) is 0 Å². The molecule has 2 heterocycles. The molecule has 0 amide bonds. The fraction of sp³-hybridized carbons (Fsp3) is 0.500. The van der Waals surface area contributed by atoms with E-state index < -0.39 is 0 Å². The highest BCUT2D eigenvalue weighted by Gasteiger charge is 2.17. The molecule has 0 fully saturated rings. The lowest BCUT2D eigenvalue weighted by Crippen LogP contribution is -2.24. The Kier molecular flexibility index (Phi) is 5.33. The Hall–Kier alpha value is -1.88. The average molecular weight is 288 g/mol. The minimum Gasteiger partial charge on any atom is -0.495 e. The van der Waals surface area contributed by atoms with Crippen LogP contribution in [-0.4, -0.2) is 28.4 Å². The van der Waals surface area contributed by atoms with Gasteiger partial charge in [-0.1, -0.05) is 6.92 Å². The molecule has 5 nitrogen and oxygen atoms in total. The Morgan fingerprint density at radius 2 is 2.14 bits per heavy atom. The smallest absolute Gasteiger partial charge is 0.141 e. The highest BCUT2D eigenvalue weighted by molar-refractivity contribution is 5.33. The summed E-state index contributed by atoms with van der Waals surface area (Å²) in [6.07, 6.45) is 6.42. The van der Waals surface area contributed by atoms with E-state index in [1.807, 2.05) is 16.9 Å². The van der Waals surface area contributed by atoms with E-state index in [2.05, 4.69) is 42.2 Å². The summed E-state index contributed by atoms with van der Waals surface area (Å²) in [4.78, 5) is 4.12. The molecule has 2 rings (SSSR count). The number of hydrogen-bond acceptors (Lipinski definition) is 4. The standard InChI is InChI=1S/C16H24N4O/c1-5-18-15(14-6-8-17-11-16(14)21-4)10-13-7-9-20(19-13)12(2)3/h6-9,11-12,15,18H,5,10H2,1-4H3. The van der Waals surface area contributed by atoms with Crippen molar-refractivity contribution in [3.63, 3.8) is 0 Å². The number of likely N-dealkylation sites (N-methyl/N-ethyl adjacent to an activating group) is 1. The second kappa shape index (κ2) is 7.22. The SMILES string of the molecule is CCNC(Cc1ccn(C(C)C)n1)c1ccncc1OC. The Balaban J connectivity index is 2.22. The summed E-state index contributed by atoms with van der Waals surface area (Å²) in [6.45, 7) is 7.25. The molecule has 1 unspecified atom stereocenters. The van der Waals surface area contributed by atoms with Gasteiger partial charge in [0.25, 0.3) is 0 Å². The highest BCUT2D eigenvalue weighted by Crippen LogP contribution is 2.26. The zero-order chi connectivity index (χ0) is 15.2. The van der Waals surface area contributed by atoms with Gasteiger partial charge in [-0.3, -0.25) is 9.67 Å². The van der Waals surface area contributed by atoms with E-state index in [0.717, 1.165) is 30.0 Å². The van der Waals surface area contributed by atoms with Crippen LogP contribution < -0.4 is 10.1 Å². The van der Waals surface area contributed by atoms with Gasteiger partial charge in [-0.05, 0) is 32.5 Å². The number of rotatable bonds is 7. The van der Waals surface area contributed by atoms with Crippen LogP contribution in [0, 0.1) is 0 Å². The van der Waals surface area contributed by atoms with Crippen molar-refractivity contribution >= 4 is 0 Å². The van der Waals surface area contributed by atoms with Gasteiger partial charge in [-0.2, -0.15) is 5.10 Å². The van der Waals surface area contributed by atoms with Gasteiger partial charge in [0, 0.05) is 36.5 Å². The molecule has 21 heavy (non-hydrogen) atoms. The predicted octanol–water partition coefficient (Wildman–Crippen LogP) is 2.76. The monoisotopic (exact) mass is 288 g/mol. The summed E-state index contributed by atoms with van der Waals surface area (Å²) >= 11 is 0. The number of nitrogens with one attached hydrogen (secondary N) is 1.